The fourth-order valence-corrected chi connectivity index (χ4v) is 4.44. The molecule has 27 heavy (non-hydrogen) atoms. The summed E-state index contributed by atoms with van der Waals surface area (Å²) < 4.78 is 5.37. The van der Waals surface area contributed by atoms with Crippen molar-refractivity contribution in [3.8, 4) is 0 Å². The normalized spacial score (nSPS) is 23.0. The Kier molecular flexibility index (Phi) is 6.86. The Bertz CT molecular complexity index is 666. The van der Waals surface area contributed by atoms with Crippen LogP contribution in [0.3, 0.4) is 0 Å². The third kappa shape index (κ3) is 4.60. The van der Waals surface area contributed by atoms with Crippen LogP contribution in [0.5, 0.6) is 0 Å². The van der Waals surface area contributed by atoms with Gasteiger partial charge in [-0.25, -0.2) is 9.59 Å². The molecule has 0 aromatic heterocycles. The van der Waals surface area contributed by atoms with Crippen molar-refractivity contribution in [2.45, 2.75) is 44.9 Å². The molecule has 1 fully saturated rings. The van der Waals surface area contributed by atoms with E-state index in [0.717, 1.165) is 0 Å². The molecule has 1 saturated heterocycles. The average molecular weight is 465 g/mol. The minimum absolute atomic E-state index is 0.00227. The Morgan fingerprint density at radius 2 is 2.11 bits per heavy atom. The highest BCUT2D eigenvalue weighted by molar-refractivity contribution is 9.09. The van der Waals surface area contributed by atoms with Gasteiger partial charge in [0.2, 0.25) is 5.91 Å². The maximum Gasteiger partial charge on any atom is 0.410 e. The van der Waals surface area contributed by atoms with Gasteiger partial charge in [0.05, 0.1) is 18.1 Å². The van der Waals surface area contributed by atoms with Crippen LogP contribution in [-0.2, 0) is 14.3 Å². The van der Waals surface area contributed by atoms with Gasteiger partial charge >= 0.3 is 12.1 Å². The fraction of sp³-hybridized carbons (Fsp3) is 0.706. The minimum atomic E-state index is -1.15. The number of β-lactam (4-membered cyclic amide) rings is 1. The molecule has 0 aliphatic carbocycles. The van der Waals surface area contributed by atoms with Crippen LogP contribution in [0.1, 0.15) is 27.2 Å². The van der Waals surface area contributed by atoms with Crippen molar-refractivity contribution in [3.05, 3.63) is 10.6 Å². The van der Waals surface area contributed by atoms with Gasteiger partial charge in [0.15, 0.2) is 0 Å². The quantitative estimate of drug-likeness (QED) is 0.416. The van der Waals surface area contributed by atoms with E-state index in [0.29, 0.717) is 29.0 Å². The lowest BCUT2D eigenvalue weighted by Gasteiger charge is -2.44. The van der Waals surface area contributed by atoms with Crippen LogP contribution in [-0.4, -0.2) is 80.4 Å². The van der Waals surface area contributed by atoms with Gasteiger partial charge in [0.25, 0.3) is 0 Å². The Balaban J connectivity index is 1.94. The summed E-state index contributed by atoms with van der Waals surface area (Å²) in [5.41, 5.74) is -0.622. The molecular weight excluding hydrogens is 440 g/mol. The van der Waals surface area contributed by atoms with Crippen molar-refractivity contribution in [2.75, 3.05) is 24.7 Å². The van der Waals surface area contributed by atoms with Gasteiger partial charge in [-0.3, -0.25) is 4.79 Å². The molecule has 0 spiro atoms. The number of carbonyl (C=O) groups is 3. The molecule has 8 nitrogen and oxygen atoms in total. The molecule has 152 valence electrons. The van der Waals surface area contributed by atoms with Gasteiger partial charge in [-0.15, -0.1) is 11.8 Å². The number of aliphatic hydroxyl groups excluding tert-OH is 1. The Morgan fingerprint density at radius 1 is 1.48 bits per heavy atom. The molecule has 2 heterocycles. The molecular formula is C17H25BrN2O6S. The minimum Gasteiger partial charge on any atom is -0.477 e. The molecule has 0 aromatic rings. The predicted molar refractivity (Wildman–Crippen MR) is 105 cm³/mol. The van der Waals surface area contributed by atoms with E-state index in [1.807, 2.05) is 0 Å². The summed E-state index contributed by atoms with van der Waals surface area (Å²) in [5.74, 6) is -1.58. The number of carboxylic acid groups (broad SMARTS) is 1. The van der Waals surface area contributed by atoms with Crippen molar-refractivity contribution in [2.24, 2.45) is 5.92 Å². The highest BCUT2D eigenvalue weighted by Gasteiger charge is 2.56. The third-order valence-corrected chi connectivity index (χ3v) is 7.04. The van der Waals surface area contributed by atoms with Gasteiger partial charge in [0.1, 0.15) is 11.3 Å². The summed E-state index contributed by atoms with van der Waals surface area (Å²) >= 11 is 4.61. The smallest absolute Gasteiger partial charge is 0.410 e. The van der Waals surface area contributed by atoms with Crippen LogP contribution in [0.4, 0.5) is 4.79 Å². The van der Waals surface area contributed by atoms with E-state index >= 15 is 0 Å². The number of rotatable bonds is 8. The van der Waals surface area contributed by atoms with E-state index in [-0.39, 0.29) is 17.6 Å². The van der Waals surface area contributed by atoms with E-state index in [1.165, 1.54) is 21.6 Å². The summed E-state index contributed by atoms with van der Waals surface area (Å²) in [6.45, 7) is 5.51. The number of aliphatic carboxylic acids is 1. The van der Waals surface area contributed by atoms with Gasteiger partial charge < -0.3 is 24.7 Å². The monoisotopic (exact) mass is 464 g/mol. The van der Waals surface area contributed by atoms with Gasteiger partial charge in [-0.2, -0.15) is 0 Å². The number of amides is 2. The molecule has 10 heteroatoms. The van der Waals surface area contributed by atoms with Crippen molar-refractivity contribution >= 4 is 45.7 Å². The first kappa shape index (κ1) is 22.0. The zero-order valence-corrected chi connectivity index (χ0v) is 18.2. The molecule has 2 N–H and O–H groups in total. The van der Waals surface area contributed by atoms with Crippen molar-refractivity contribution in [3.63, 3.8) is 0 Å². The van der Waals surface area contributed by atoms with Crippen LogP contribution in [0, 0.1) is 5.92 Å². The number of aliphatic hydroxyl groups is 1. The first-order valence-corrected chi connectivity index (χ1v) is 10.7. The highest BCUT2D eigenvalue weighted by atomic mass is 79.9. The second-order valence-corrected chi connectivity index (χ2v) is 9.10. The molecule has 2 amide bonds. The zero-order valence-electron chi connectivity index (χ0n) is 15.8. The maximum absolute atomic E-state index is 12.2. The first-order valence-electron chi connectivity index (χ1n) is 8.60. The van der Waals surface area contributed by atoms with Crippen LogP contribution >= 0.6 is 27.7 Å². The lowest BCUT2D eigenvalue weighted by atomic mass is 9.83. The van der Waals surface area contributed by atoms with Crippen molar-refractivity contribution in [1.82, 2.24) is 9.80 Å². The lowest BCUT2D eigenvalue weighted by Crippen LogP contribution is -2.61. The molecule has 2 aliphatic rings. The Labute approximate surface area is 171 Å². The molecule has 0 radical (unpaired) electrons. The molecule has 2 rings (SSSR count). The fourth-order valence-electron chi connectivity index (χ4n) is 3.10. The Hall–Kier alpha value is -1.26. The number of hydrogen-bond donors (Lipinski definition) is 2. The molecule has 3 atom stereocenters. The number of hydrogen-bond acceptors (Lipinski definition) is 6. The van der Waals surface area contributed by atoms with E-state index in [4.69, 9.17) is 4.74 Å². The van der Waals surface area contributed by atoms with Gasteiger partial charge in [-0.1, -0.05) is 15.9 Å². The SMILES string of the molecule is C[C@@H](O)[C@H]1C(=O)N2C(C(=O)O)=C(SCCN(C)C(=O)OC(C)(C)CBr)C[C@H]12. The van der Waals surface area contributed by atoms with Crippen LogP contribution in [0.25, 0.3) is 0 Å². The van der Waals surface area contributed by atoms with Crippen LogP contribution in [0.15, 0.2) is 10.6 Å². The molecule has 0 unspecified atom stereocenters. The van der Waals surface area contributed by atoms with E-state index in [1.54, 1.807) is 27.8 Å². The zero-order chi connectivity index (χ0) is 20.5. The number of nitrogens with zero attached hydrogens (tertiary/aromatic N) is 2. The Morgan fingerprint density at radius 3 is 2.63 bits per heavy atom. The van der Waals surface area contributed by atoms with E-state index in [2.05, 4.69) is 15.9 Å². The maximum atomic E-state index is 12.2. The topological polar surface area (TPSA) is 107 Å². The van der Waals surface area contributed by atoms with Gasteiger partial charge in [0, 0.05) is 36.0 Å². The molecule has 2 aliphatic heterocycles. The standard InChI is InChI=1S/C17H25BrN2O6S/c1-9(21)12-10-7-11(13(15(23)24)20(10)14(12)22)27-6-5-19(4)16(25)26-17(2,3)8-18/h9-10,12,21H,5-8H2,1-4H3,(H,23,24)/t9-,10-,12-/m1/s1. The summed E-state index contributed by atoms with van der Waals surface area (Å²) in [4.78, 5) is 39.2. The number of thioether (sulfide) groups is 1. The van der Waals surface area contributed by atoms with Crippen molar-refractivity contribution < 1.29 is 29.3 Å². The number of halogens is 1. The second-order valence-electron chi connectivity index (χ2n) is 7.35. The van der Waals surface area contributed by atoms with Crippen molar-refractivity contribution in [1.29, 1.82) is 0 Å². The van der Waals surface area contributed by atoms with Gasteiger partial charge in [-0.05, 0) is 20.8 Å². The lowest BCUT2D eigenvalue weighted by molar-refractivity contribution is -0.161. The summed E-state index contributed by atoms with van der Waals surface area (Å²) in [6, 6.07) is -0.298. The average Bonchev–Trinajstić information content (AvgIpc) is 2.88. The van der Waals surface area contributed by atoms with E-state index in [9.17, 15) is 24.6 Å². The molecule has 0 saturated carbocycles. The second kappa shape index (κ2) is 8.40. The number of carbonyl (C=O) groups excluding carboxylic acids is 2. The highest BCUT2D eigenvalue weighted by Crippen LogP contribution is 2.46. The van der Waals surface area contributed by atoms with Crippen LogP contribution in [0.2, 0.25) is 0 Å². The van der Waals surface area contributed by atoms with Crippen LogP contribution < -0.4 is 0 Å². The first-order chi connectivity index (χ1) is 12.5. The summed E-state index contributed by atoms with van der Waals surface area (Å²) in [6.07, 6.45) is -0.845. The number of alkyl halides is 1. The predicted octanol–water partition coefficient (Wildman–Crippen LogP) is 1.87. The molecule has 0 bridgehead atoms. The summed E-state index contributed by atoms with van der Waals surface area (Å²) in [7, 11) is 1.62. The number of ether oxygens (including phenoxy) is 1. The number of carboxylic acids is 1. The third-order valence-electron chi connectivity index (χ3n) is 4.59. The molecule has 0 aromatic carbocycles. The summed E-state index contributed by atoms with van der Waals surface area (Å²) in [5, 5.41) is 19.7. The largest absolute Gasteiger partial charge is 0.477 e. The number of fused-ring (bicyclic) bond motifs is 1. The van der Waals surface area contributed by atoms with E-state index < -0.39 is 29.7 Å².